The lowest BCUT2D eigenvalue weighted by Crippen LogP contribution is -2.79. The van der Waals surface area contributed by atoms with E-state index in [1.54, 1.807) is 4.90 Å². The fraction of sp³-hybridized carbons (Fsp3) is 0.786. The first-order valence-electron chi connectivity index (χ1n) is 7.23. The normalized spacial score (nSPS) is 41.0. The molecule has 7 heteroatoms. The third-order valence-corrected chi connectivity index (χ3v) is 5.02. The molecule has 0 radical (unpaired) electrons. The van der Waals surface area contributed by atoms with Crippen molar-refractivity contribution in [3.05, 3.63) is 0 Å². The number of carbonyl (C=O) groups excluding carboxylic acids is 3. The van der Waals surface area contributed by atoms with Crippen LogP contribution in [0.25, 0.3) is 0 Å². The molecule has 0 spiro atoms. The molecule has 0 aromatic carbocycles. The highest BCUT2D eigenvalue weighted by Crippen LogP contribution is 2.45. The molecule has 4 aliphatic heterocycles. The summed E-state index contributed by atoms with van der Waals surface area (Å²) in [6, 6.07) is -0.0948. The van der Waals surface area contributed by atoms with Gasteiger partial charge in [0, 0.05) is 13.8 Å². The van der Waals surface area contributed by atoms with Crippen molar-refractivity contribution < 1.29 is 23.9 Å². The summed E-state index contributed by atoms with van der Waals surface area (Å²) in [5.74, 6) is -0.661. The second-order valence-corrected chi connectivity index (χ2v) is 6.11. The van der Waals surface area contributed by atoms with Gasteiger partial charge in [0.15, 0.2) is 0 Å². The molecule has 4 rings (SSSR count). The lowest BCUT2D eigenvalue weighted by atomic mass is 9.70. The van der Waals surface area contributed by atoms with Gasteiger partial charge in [0.05, 0.1) is 24.2 Å². The number of amides is 1. The van der Waals surface area contributed by atoms with Crippen molar-refractivity contribution in [3.63, 3.8) is 0 Å². The molecule has 4 heterocycles. The van der Waals surface area contributed by atoms with Crippen LogP contribution < -0.4 is 0 Å². The van der Waals surface area contributed by atoms with Crippen LogP contribution in [-0.4, -0.2) is 71.6 Å². The van der Waals surface area contributed by atoms with E-state index >= 15 is 0 Å². The van der Waals surface area contributed by atoms with Crippen LogP contribution in [0.5, 0.6) is 0 Å². The molecule has 21 heavy (non-hydrogen) atoms. The second-order valence-electron chi connectivity index (χ2n) is 6.11. The lowest BCUT2D eigenvalue weighted by molar-refractivity contribution is -0.223. The van der Waals surface area contributed by atoms with Crippen LogP contribution in [0.3, 0.4) is 0 Å². The highest BCUT2D eigenvalue weighted by atomic mass is 16.6. The standard InChI is InChI=1S/C14H20N2O5/c1-7(18)20-13-9-4-12-14(21-8(2)19)10(15(9)3)5-11(13)16(12)6-17/h6,9-14H,4-5H2,1-3H3. The fourth-order valence-corrected chi connectivity index (χ4v) is 4.27. The summed E-state index contributed by atoms with van der Waals surface area (Å²) in [5, 5.41) is 0. The monoisotopic (exact) mass is 296 g/mol. The Morgan fingerprint density at radius 1 is 0.952 bits per heavy atom. The van der Waals surface area contributed by atoms with Crippen LogP contribution in [0.2, 0.25) is 0 Å². The molecule has 7 nitrogen and oxygen atoms in total. The van der Waals surface area contributed by atoms with Crippen molar-refractivity contribution >= 4 is 18.3 Å². The van der Waals surface area contributed by atoms with E-state index in [1.807, 2.05) is 7.05 Å². The maximum atomic E-state index is 11.5. The Balaban J connectivity index is 1.90. The van der Waals surface area contributed by atoms with Gasteiger partial charge in [-0.2, -0.15) is 0 Å². The number of piperidine rings is 4. The van der Waals surface area contributed by atoms with Gasteiger partial charge in [0.25, 0.3) is 0 Å². The Bertz CT molecular complexity index is 444. The maximum Gasteiger partial charge on any atom is 0.303 e. The molecule has 6 atom stereocenters. The first kappa shape index (κ1) is 14.3. The maximum absolute atomic E-state index is 11.5. The van der Waals surface area contributed by atoms with E-state index in [2.05, 4.69) is 4.90 Å². The summed E-state index contributed by atoms with van der Waals surface area (Å²) in [6.45, 7) is 2.77. The van der Waals surface area contributed by atoms with Gasteiger partial charge in [-0.3, -0.25) is 19.3 Å². The van der Waals surface area contributed by atoms with E-state index in [1.165, 1.54) is 13.8 Å². The number of ether oxygens (including phenoxy) is 2. The van der Waals surface area contributed by atoms with Crippen LogP contribution in [0.15, 0.2) is 0 Å². The zero-order valence-electron chi connectivity index (χ0n) is 12.4. The smallest absolute Gasteiger partial charge is 0.303 e. The van der Waals surface area contributed by atoms with E-state index in [4.69, 9.17) is 9.47 Å². The number of likely N-dealkylation sites (N-methyl/N-ethyl adjacent to an activating group) is 1. The number of hydrogen-bond donors (Lipinski definition) is 0. The molecule has 0 N–H and O–H groups in total. The lowest BCUT2D eigenvalue weighted by Gasteiger charge is -2.63. The van der Waals surface area contributed by atoms with E-state index in [0.29, 0.717) is 12.8 Å². The summed E-state index contributed by atoms with van der Waals surface area (Å²) in [7, 11) is 1.96. The van der Waals surface area contributed by atoms with Gasteiger partial charge in [0.1, 0.15) is 12.2 Å². The van der Waals surface area contributed by atoms with Crippen molar-refractivity contribution in [2.24, 2.45) is 0 Å². The minimum Gasteiger partial charge on any atom is -0.459 e. The minimum atomic E-state index is -0.330. The summed E-state index contributed by atoms with van der Waals surface area (Å²) in [5.41, 5.74) is 0. The molecule has 0 saturated carbocycles. The SMILES string of the molecule is CC(=O)OC1C2CC3C(OC(C)=O)C(CC1N3C=O)N2C. The van der Waals surface area contributed by atoms with E-state index in [-0.39, 0.29) is 48.3 Å². The third-order valence-electron chi connectivity index (χ3n) is 5.02. The van der Waals surface area contributed by atoms with Crippen molar-refractivity contribution in [2.45, 2.75) is 63.1 Å². The number of nitrogens with zero attached hydrogens (tertiary/aromatic N) is 2. The van der Waals surface area contributed by atoms with Gasteiger partial charge in [-0.05, 0) is 19.9 Å². The Morgan fingerprint density at radius 3 is 1.71 bits per heavy atom. The number of esters is 2. The van der Waals surface area contributed by atoms with E-state index < -0.39 is 0 Å². The van der Waals surface area contributed by atoms with Gasteiger partial charge in [-0.15, -0.1) is 0 Å². The van der Waals surface area contributed by atoms with Gasteiger partial charge < -0.3 is 14.4 Å². The highest BCUT2D eigenvalue weighted by molar-refractivity contribution is 5.67. The van der Waals surface area contributed by atoms with Gasteiger partial charge in [-0.25, -0.2) is 0 Å². The van der Waals surface area contributed by atoms with E-state index in [9.17, 15) is 14.4 Å². The zero-order chi connectivity index (χ0) is 15.3. The third kappa shape index (κ3) is 2.10. The predicted octanol–water partition coefficient (Wildman–Crippen LogP) is -0.465. The Labute approximate surface area is 123 Å². The first-order chi connectivity index (χ1) is 9.93. The van der Waals surface area contributed by atoms with Crippen LogP contribution in [0.1, 0.15) is 26.7 Å². The van der Waals surface area contributed by atoms with Crippen LogP contribution in [-0.2, 0) is 23.9 Å². The summed E-state index contributed by atoms with van der Waals surface area (Å²) in [4.78, 5) is 37.9. The Morgan fingerprint density at radius 2 is 1.38 bits per heavy atom. The number of rotatable bonds is 3. The van der Waals surface area contributed by atoms with Gasteiger partial charge >= 0.3 is 11.9 Å². The highest BCUT2D eigenvalue weighted by Gasteiger charge is 2.61. The molecule has 4 bridgehead atoms. The van der Waals surface area contributed by atoms with Crippen LogP contribution in [0.4, 0.5) is 0 Å². The van der Waals surface area contributed by atoms with Gasteiger partial charge in [-0.1, -0.05) is 0 Å². The van der Waals surface area contributed by atoms with Crippen LogP contribution in [0, 0.1) is 0 Å². The van der Waals surface area contributed by atoms with E-state index in [0.717, 1.165) is 6.41 Å². The van der Waals surface area contributed by atoms with Crippen molar-refractivity contribution in [1.82, 2.24) is 9.80 Å². The Hall–Kier alpha value is -1.63. The van der Waals surface area contributed by atoms with Crippen molar-refractivity contribution in [1.29, 1.82) is 0 Å². The minimum absolute atomic E-state index is 0.0747. The predicted molar refractivity (Wildman–Crippen MR) is 71.2 cm³/mol. The molecular formula is C14H20N2O5. The van der Waals surface area contributed by atoms with Gasteiger partial charge in [0.2, 0.25) is 6.41 Å². The molecule has 0 aromatic heterocycles. The summed E-state index contributed by atoms with van der Waals surface area (Å²) < 4.78 is 10.9. The fourth-order valence-electron chi connectivity index (χ4n) is 4.27. The quantitative estimate of drug-likeness (QED) is 0.518. The summed E-state index contributed by atoms with van der Waals surface area (Å²) >= 11 is 0. The molecule has 4 saturated heterocycles. The molecule has 4 aliphatic rings. The Kier molecular flexibility index (Phi) is 3.39. The average Bonchev–Trinajstić information content (AvgIpc) is 2.39. The second kappa shape index (κ2) is 4.98. The molecular weight excluding hydrogens is 276 g/mol. The zero-order valence-corrected chi connectivity index (χ0v) is 12.4. The molecule has 4 fully saturated rings. The first-order valence-corrected chi connectivity index (χ1v) is 7.23. The van der Waals surface area contributed by atoms with Crippen molar-refractivity contribution in [2.75, 3.05) is 7.05 Å². The van der Waals surface area contributed by atoms with Crippen molar-refractivity contribution in [3.8, 4) is 0 Å². The molecule has 116 valence electrons. The number of hydrogen-bond acceptors (Lipinski definition) is 6. The molecule has 0 aromatic rings. The average molecular weight is 296 g/mol. The van der Waals surface area contributed by atoms with Crippen LogP contribution >= 0.6 is 0 Å². The largest absolute Gasteiger partial charge is 0.459 e. The summed E-state index contributed by atoms with van der Waals surface area (Å²) in [6.07, 6.45) is 1.49. The number of carbonyl (C=O) groups is 3. The molecule has 1 amide bonds. The topological polar surface area (TPSA) is 76.1 Å². The molecule has 0 aliphatic carbocycles. The molecule has 6 unspecified atom stereocenters.